The van der Waals surface area contributed by atoms with Crippen molar-refractivity contribution in [1.29, 1.82) is 0 Å². The maximum atomic E-state index is 12.0. The molecule has 7 nitrogen and oxygen atoms in total. The molecule has 168 valence electrons. The molecule has 1 rings (SSSR count). The van der Waals surface area contributed by atoms with Crippen LogP contribution in [0, 0.1) is 0 Å². The van der Waals surface area contributed by atoms with Crippen LogP contribution in [0.3, 0.4) is 0 Å². The molecule has 1 saturated heterocycles. The number of hydrogen-bond acceptors (Lipinski definition) is 6. The minimum Gasteiger partial charge on any atom is -0.394 e. The van der Waals surface area contributed by atoms with Crippen LogP contribution in [0.25, 0.3) is 0 Å². The van der Waals surface area contributed by atoms with E-state index >= 15 is 0 Å². The Balaban J connectivity index is 2.52. The quantitative estimate of drug-likeness (QED) is 0.315. The molecule has 8 heteroatoms. The van der Waals surface area contributed by atoms with Gasteiger partial charge in [-0.3, -0.25) is 4.79 Å². The van der Waals surface area contributed by atoms with E-state index in [0.717, 1.165) is 19.3 Å². The molecule has 1 aliphatic rings. The fraction of sp³-hybridized carbons (Fsp3) is 0.952. The second-order valence-electron chi connectivity index (χ2n) is 8.20. The number of ether oxygens (including phenoxy) is 4. The van der Waals surface area contributed by atoms with Crippen LogP contribution in [-0.4, -0.2) is 81.2 Å². The van der Waals surface area contributed by atoms with Crippen LogP contribution in [0.2, 0.25) is 0 Å². The minimum absolute atomic E-state index is 0.00542. The Kier molecular flexibility index (Phi) is 13.1. The van der Waals surface area contributed by atoms with Crippen LogP contribution in [-0.2, 0) is 23.7 Å². The third-order valence-electron chi connectivity index (χ3n) is 4.74. The number of aliphatic hydroxyl groups is 1. The summed E-state index contributed by atoms with van der Waals surface area (Å²) in [5, 5.41) is 12.4. The number of nitrogens with one attached hydrogen (secondary N) is 1. The van der Waals surface area contributed by atoms with Gasteiger partial charge < -0.3 is 29.4 Å². The molecule has 1 heterocycles. The molecule has 2 unspecified atom stereocenters. The van der Waals surface area contributed by atoms with Gasteiger partial charge in [0, 0.05) is 19.0 Å². The van der Waals surface area contributed by atoms with Gasteiger partial charge in [-0.15, -0.1) is 0 Å². The van der Waals surface area contributed by atoms with Gasteiger partial charge in [-0.2, -0.15) is 0 Å². The van der Waals surface area contributed by atoms with Crippen molar-refractivity contribution in [3.63, 3.8) is 0 Å². The van der Waals surface area contributed by atoms with Crippen molar-refractivity contribution >= 4 is 13.8 Å². The number of carbonyl (C=O) groups excluding carboxylic acids is 1. The highest BCUT2D eigenvalue weighted by Gasteiger charge is 2.44. The predicted molar refractivity (Wildman–Crippen MR) is 113 cm³/mol. The standard InChI is InChI=1S/C21H40BNO6/c1-6-7-8-9-18(25)23-16(12-24)10-11-26-20-19(28-15(4)5)17(29-21(20)22)13-27-14(2)3/h14-17,19-21,24H,6-13H2,1-5H3,(H,23,25)/t16?,17-,19+,20?,21-/m1/s1. The van der Waals surface area contributed by atoms with Crippen molar-refractivity contribution < 1.29 is 28.8 Å². The largest absolute Gasteiger partial charge is 0.394 e. The van der Waals surface area contributed by atoms with Crippen LogP contribution in [0.4, 0.5) is 0 Å². The minimum atomic E-state index is -0.615. The van der Waals surface area contributed by atoms with Gasteiger partial charge in [-0.05, 0) is 40.5 Å². The van der Waals surface area contributed by atoms with E-state index in [1.165, 1.54) is 0 Å². The molecule has 0 aromatic rings. The summed E-state index contributed by atoms with van der Waals surface area (Å²) in [5.41, 5.74) is 0. The second-order valence-corrected chi connectivity index (χ2v) is 8.20. The first-order valence-corrected chi connectivity index (χ1v) is 11.0. The summed E-state index contributed by atoms with van der Waals surface area (Å²) < 4.78 is 23.5. The van der Waals surface area contributed by atoms with Crippen LogP contribution in [0.15, 0.2) is 0 Å². The molecule has 2 N–H and O–H groups in total. The second kappa shape index (κ2) is 14.4. The topological polar surface area (TPSA) is 86.2 Å². The highest BCUT2D eigenvalue weighted by atomic mass is 16.6. The number of hydrogen-bond donors (Lipinski definition) is 2. The van der Waals surface area contributed by atoms with E-state index < -0.39 is 12.1 Å². The summed E-state index contributed by atoms with van der Waals surface area (Å²) in [5.74, 6) is -0.0367. The monoisotopic (exact) mass is 413 g/mol. The number of unbranched alkanes of at least 4 members (excludes halogenated alkanes) is 2. The van der Waals surface area contributed by atoms with Gasteiger partial charge in [0.1, 0.15) is 26.2 Å². The molecular formula is C21H40BNO6. The van der Waals surface area contributed by atoms with Crippen molar-refractivity contribution in [2.75, 3.05) is 19.8 Å². The molecule has 1 aliphatic heterocycles. The molecule has 0 aromatic heterocycles. The third kappa shape index (κ3) is 10.3. The van der Waals surface area contributed by atoms with E-state index in [2.05, 4.69) is 12.2 Å². The van der Waals surface area contributed by atoms with E-state index in [-0.39, 0.29) is 43.0 Å². The van der Waals surface area contributed by atoms with Gasteiger partial charge in [0.15, 0.2) is 0 Å². The average Bonchev–Trinajstić information content (AvgIpc) is 2.93. The molecule has 0 saturated carbocycles. The zero-order valence-electron chi connectivity index (χ0n) is 18.8. The first kappa shape index (κ1) is 26.4. The summed E-state index contributed by atoms with van der Waals surface area (Å²) in [6.07, 6.45) is 2.93. The lowest BCUT2D eigenvalue weighted by molar-refractivity contribution is -0.122. The SMILES string of the molecule is [B][C@@H]1O[C@H](COC(C)C)[C@H](OC(C)C)C1OCCC(CO)NC(=O)CCCCC. The first-order valence-electron chi connectivity index (χ1n) is 11.0. The molecule has 1 amide bonds. The zero-order valence-corrected chi connectivity index (χ0v) is 18.8. The lowest BCUT2D eigenvalue weighted by Crippen LogP contribution is -2.42. The molecule has 29 heavy (non-hydrogen) atoms. The van der Waals surface area contributed by atoms with E-state index in [9.17, 15) is 9.90 Å². The summed E-state index contributed by atoms with van der Waals surface area (Å²) in [6.45, 7) is 10.5. The molecule has 0 aliphatic carbocycles. The number of amides is 1. The number of aliphatic hydroxyl groups excluding tert-OH is 1. The summed E-state index contributed by atoms with van der Waals surface area (Å²) in [6, 6.07) is -0.956. The summed E-state index contributed by atoms with van der Waals surface area (Å²) in [4.78, 5) is 12.0. The van der Waals surface area contributed by atoms with Crippen LogP contribution >= 0.6 is 0 Å². The summed E-state index contributed by atoms with van der Waals surface area (Å²) in [7, 11) is 6.14. The van der Waals surface area contributed by atoms with E-state index in [4.69, 9.17) is 26.8 Å². The van der Waals surface area contributed by atoms with Crippen LogP contribution in [0.5, 0.6) is 0 Å². The average molecular weight is 413 g/mol. The van der Waals surface area contributed by atoms with Crippen LogP contribution in [0.1, 0.15) is 66.7 Å². The number of rotatable bonds is 15. The Morgan fingerprint density at radius 1 is 1.17 bits per heavy atom. The molecule has 0 bridgehead atoms. The van der Waals surface area contributed by atoms with Crippen molar-refractivity contribution in [1.82, 2.24) is 5.32 Å². The lowest BCUT2D eigenvalue weighted by atomic mass is 9.92. The Hall–Kier alpha value is -0.665. The van der Waals surface area contributed by atoms with Gasteiger partial charge in [0.25, 0.3) is 0 Å². The maximum Gasteiger partial charge on any atom is 0.220 e. The van der Waals surface area contributed by atoms with Gasteiger partial charge in [0.05, 0.1) is 31.5 Å². The fourth-order valence-electron chi connectivity index (χ4n) is 3.24. The Morgan fingerprint density at radius 3 is 2.48 bits per heavy atom. The lowest BCUT2D eigenvalue weighted by Gasteiger charge is -2.27. The maximum absolute atomic E-state index is 12.0. The normalized spacial score (nSPS) is 25.7. The van der Waals surface area contributed by atoms with E-state index in [1.807, 2.05) is 27.7 Å². The third-order valence-corrected chi connectivity index (χ3v) is 4.74. The Labute approximate surface area is 177 Å². The van der Waals surface area contributed by atoms with Gasteiger partial charge >= 0.3 is 0 Å². The molecule has 0 spiro atoms. The van der Waals surface area contributed by atoms with Crippen molar-refractivity contribution in [2.45, 2.75) is 109 Å². The highest BCUT2D eigenvalue weighted by Crippen LogP contribution is 2.27. The summed E-state index contributed by atoms with van der Waals surface area (Å²) >= 11 is 0. The smallest absolute Gasteiger partial charge is 0.220 e. The molecule has 5 atom stereocenters. The fourth-order valence-corrected chi connectivity index (χ4v) is 3.24. The van der Waals surface area contributed by atoms with Gasteiger partial charge in [0.2, 0.25) is 5.91 Å². The molecule has 1 fully saturated rings. The van der Waals surface area contributed by atoms with Gasteiger partial charge in [-0.1, -0.05) is 19.8 Å². The Bertz CT molecular complexity index is 451. The predicted octanol–water partition coefficient (Wildman–Crippen LogP) is 1.93. The zero-order chi connectivity index (χ0) is 21.8. The van der Waals surface area contributed by atoms with Crippen molar-refractivity contribution in [3.8, 4) is 0 Å². The van der Waals surface area contributed by atoms with E-state index in [1.54, 1.807) is 0 Å². The first-order chi connectivity index (χ1) is 13.8. The van der Waals surface area contributed by atoms with Crippen molar-refractivity contribution in [2.24, 2.45) is 0 Å². The van der Waals surface area contributed by atoms with Crippen molar-refractivity contribution in [3.05, 3.63) is 0 Å². The molecule has 2 radical (unpaired) electrons. The van der Waals surface area contributed by atoms with E-state index in [0.29, 0.717) is 26.1 Å². The van der Waals surface area contributed by atoms with Gasteiger partial charge in [-0.25, -0.2) is 0 Å². The molecular weight excluding hydrogens is 373 g/mol. The molecule has 0 aromatic carbocycles. The number of carbonyl (C=O) groups is 1. The van der Waals surface area contributed by atoms with Crippen LogP contribution < -0.4 is 5.32 Å². The highest BCUT2D eigenvalue weighted by molar-refractivity contribution is 6.11. The Morgan fingerprint density at radius 2 is 1.90 bits per heavy atom.